The Bertz CT molecular complexity index is 1330. The molecule has 0 radical (unpaired) electrons. The Kier molecular flexibility index (Phi) is 9.72. The van der Waals surface area contributed by atoms with Crippen LogP contribution in [-0.2, 0) is 26.2 Å². The lowest BCUT2D eigenvalue weighted by atomic mass is 10.1. The number of amides is 2. The van der Waals surface area contributed by atoms with Gasteiger partial charge in [-0.1, -0.05) is 73.1 Å². The number of carbonyl (C=O) groups excluding carboxylic acids is 2. The van der Waals surface area contributed by atoms with Crippen molar-refractivity contribution < 1.29 is 18.0 Å². The van der Waals surface area contributed by atoms with E-state index in [0.717, 1.165) is 21.9 Å². The number of benzene rings is 3. The molecule has 3 aromatic rings. The molecule has 0 heterocycles. The quantitative estimate of drug-likeness (QED) is 0.378. The highest BCUT2D eigenvalue weighted by atomic mass is 35.5. The summed E-state index contributed by atoms with van der Waals surface area (Å²) in [5, 5.41) is 3.02. The molecule has 0 saturated heterocycles. The van der Waals surface area contributed by atoms with Crippen LogP contribution in [0.25, 0.3) is 0 Å². The van der Waals surface area contributed by atoms with Gasteiger partial charge in [-0.3, -0.25) is 13.9 Å². The number of nitrogens with zero attached hydrogens (tertiary/aromatic N) is 2. The molecule has 0 bridgehead atoms. The molecule has 0 aliphatic carbocycles. The van der Waals surface area contributed by atoms with Crippen LogP contribution in [0.15, 0.2) is 83.8 Å². The third-order valence-corrected chi connectivity index (χ3v) is 8.14. The van der Waals surface area contributed by atoms with Crippen LogP contribution in [0.1, 0.15) is 31.4 Å². The number of para-hydroxylation sites is 1. The minimum Gasteiger partial charge on any atom is -0.354 e. The van der Waals surface area contributed by atoms with Crippen LogP contribution in [0, 0.1) is 6.92 Å². The largest absolute Gasteiger partial charge is 0.354 e. The van der Waals surface area contributed by atoms with Crippen LogP contribution in [0.4, 0.5) is 5.69 Å². The Morgan fingerprint density at radius 3 is 2.22 bits per heavy atom. The number of hydrogen-bond acceptors (Lipinski definition) is 4. The fourth-order valence-corrected chi connectivity index (χ4v) is 5.58. The molecule has 0 aromatic heterocycles. The fraction of sp³-hybridized carbons (Fsp3) is 0.286. The minimum absolute atomic E-state index is 0.0295. The summed E-state index contributed by atoms with van der Waals surface area (Å²) in [6.07, 6.45) is 0.750. The second kappa shape index (κ2) is 12.7. The number of nitrogens with one attached hydrogen (secondary N) is 1. The molecule has 0 fully saturated rings. The van der Waals surface area contributed by atoms with E-state index < -0.39 is 28.5 Å². The monoisotopic (exact) mass is 541 g/mol. The van der Waals surface area contributed by atoms with E-state index in [1.165, 1.54) is 17.0 Å². The molecule has 1 atom stereocenters. The molecule has 0 aliphatic heterocycles. The molecule has 1 N–H and O–H groups in total. The summed E-state index contributed by atoms with van der Waals surface area (Å²) in [6.45, 7) is 5.61. The first-order chi connectivity index (χ1) is 17.7. The zero-order chi connectivity index (χ0) is 27.0. The fourth-order valence-electron chi connectivity index (χ4n) is 3.84. The van der Waals surface area contributed by atoms with Gasteiger partial charge in [-0.15, -0.1) is 0 Å². The lowest BCUT2D eigenvalue weighted by Crippen LogP contribution is -2.51. The Hall–Kier alpha value is -3.36. The summed E-state index contributed by atoms with van der Waals surface area (Å²) < 4.78 is 28.4. The van der Waals surface area contributed by atoms with Crippen molar-refractivity contribution in [3.05, 3.63) is 95.0 Å². The molecule has 37 heavy (non-hydrogen) atoms. The molecular formula is C28H32ClN3O4S. The van der Waals surface area contributed by atoms with Gasteiger partial charge in [0.2, 0.25) is 11.8 Å². The van der Waals surface area contributed by atoms with Crippen molar-refractivity contribution in [3.63, 3.8) is 0 Å². The average Bonchev–Trinajstić information content (AvgIpc) is 2.90. The SMILES string of the molecule is CCCNC(=O)C(C)N(Cc1ccccc1C)C(=O)CN(c1ccccc1Cl)S(=O)(=O)c1ccccc1. The molecule has 3 aromatic carbocycles. The van der Waals surface area contributed by atoms with Gasteiger partial charge in [-0.2, -0.15) is 0 Å². The van der Waals surface area contributed by atoms with Gasteiger partial charge in [-0.05, 0) is 55.7 Å². The first-order valence-electron chi connectivity index (χ1n) is 12.1. The number of carbonyl (C=O) groups is 2. The first kappa shape index (κ1) is 28.2. The van der Waals surface area contributed by atoms with Crippen molar-refractivity contribution in [3.8, 4) is 0 Å². The normalized spacial score (nSPS) is 12.0. The predicted molar refractivity (Wildman–Crippen MR) is 147 cm³/mol. The van der Waals surface area contributed by atoms with E-state index in [1.54, 1.807) is 49.4 Å². The van der Waals surface area contributed by atoms with Crippen LogP contribution in [0.5, 0.6) is 0 Å². The van der Waals surface area contributed by atoms with E-state index in [1.807, 2.05) is 38.1 Å². The maximum absolute atomic E-state index is 13.8. The van der Waals surface area contributed by atoms with E-state index in [2.05, 4.69) is 5.32 Å². The van der Waals surface area contributed by atoms with E-state index in [9.17, 15) is 18.0 Å². The maximum atomic E-state index is 13.8. The van der Waals surface area contributed by atoms with Crippen LogP contribution in [0.3, 0.4) is 0 Å². The average molecular weight is 542 g/mol. The third kappa shape index (κ3) is 6.90. The van der Waals surface area contributed by atoms with Crippen LogP contribution in [0.2, 0.25) is 5.02 Å². The van der Waals surface area contributed by atoms with E-state index >= 15 is 0 Å². The zero-order valence-corrected chi connectivity index (χ0v) is 22.8. The lowest BCUT2D eigenvalue weighted by Gasteiger charge is -2.32. The first-order valence-corrected chi connectivity index (χ1v) is 13.9. The highest BCUT2D eigenvalue weighted by Crippen LogP contribution is 2.30. The molecule has 0 saturated carbocycles. The van der Waals surface area contributed by atoms with Crippen molar-refractivity contribution in [2.24, 2.45) is 0 Å². The Labute approximate surface area is 224 Å². The smallest absolute Gasteiger partial charge is 0.264 e. The van der Waals surface area contributed by atoms with Gasteiger partial charge in [-0.25, -0.2) is 8.42 Å². The van der Waals surface area contributed by atoms with Crippen LogP contribution < -0.4 is 9.62 Å². The molecule has 0 spiro atoms. The van der Waals surface area contributed by atoms with Gasteiger partial charge < -0.3 is 10.2 Å². The summed E-state index contributed by atoms with van der Waals surface area (Å²) in [6, 6.07) is 21.1. The van der Waals surface area contributed by atoms with Crippen molar-refractivity contribution in [2.45, 2.75) is 44.7 Å². The van der Waals surface area contributed by atoms with Crippen molar-refractivity contribution in [1.29, 1.82) is 0 Å². The number of sulfonamides is 1. The van der Waals surface area contributed by atoms with Crippen molar-refractivity contribution in [2.75, 3.05) is 17.4 Å². The van der Waals surface area contributed by atoms with Crippen molar-refractivity contribution >= 4 is 39.1 Å². The second-order valence-electron chi connectivity index (χ2n) is 8.69. The third-order valence-electron chi connectivity index (χ3n) is 6.05. The Morgan fingerprint density at radius 1 is 0.946 bits per heavy atom. The lowest BCUT2D eigenvalue weighted by molar-refractivity contribution is -0.139. The van der Waals surface area contributed by atoms with Gasteiger partial charge >= 0.3 is 0 Å². The molecule has 0 aliphatic rings. The molecule has 2 amide bonds. The van der Waals surface area contributed by atoms with Gasteiger partial charge in [0.25, 0.3) is 10.0 Å². The molecule has 7 nitrogen and oxygen atoms in total. The summed E-state index contributed by atoms with van der Waals surface area (Å²) in [5.41, 5.74) is 2.00. The van der Waals surface area contributed by atoms with Crippen LogP contribution in [-0.4, -0.2) is 44.3 Å². The highest BCUT2D eigenvalue weighted by molar-refractivity contribution is 7.92. The molecule has 196 valence electrons. The zero-order valence-electron chi connectivity index (χ0n) is 21.2. The number of halogens is 1. The van der Waals surface area contributed by atoms with Gasteiger partial charge in [0.05, 0.1) is 15.6 Å². The van der Waals surface area contributed by atoms with E-state index in [-0.39, 0.29) is 28.1 Å². The molecule has 9 heteroatoms. The molecule has 3 rings (SSSR count). The maximum Gasteiger partial charge on any atom is 0.264 e. The number of rotatable bonds is 11. The topological polar surface area (TPSA) is 86.8 Å². The van der Waals surface area contributed by atoms with E-state index in [4.69, 9.17) is 11.6 Å². The highest BCUT2D eigenvalue weighted by Gasteiger charge is 2.33. The Morgan fingerprint density at radius 2 is 1.57 bits per heavy atom. The van der Waals surface area contributed by atoms with E-state index in [0.29, 0.717) is 6.54 Å². The standard InChI is InChI=1S/C28H32ClN3O4S/c1-4-18-30-28(34)22(3)31(19-23-13-9-8-12-21(23)2)27(33)20-32(26-17-11-10-16-25(26)29)37(35,36)24-14-6-5-7-15-24/h5-17,22H,4,18-20H2,1-3H3,(H,30,34). The summed E-state index contributed by atoms with van der Waals surface area (Å²) >= 11 is 6.40. The summed E-state index contributed by atoms with van der Waals surface area (Å²) in [4.78, 5) is 28.2. The minimum atomic E-state index is -4.15. The van der Waals surface area contributed by atoms with Crippen molar-refractivity contribution in [1.82, 2.24) is 10.2 Å². The summed E-state index contributed by atoms with van der Waals surface area (Å²) in [7, 11) is -4.15. The predicted octanol–water partition coefficient (Wildman–Crippen LogP) is 4.79. The van der Waals surface area contributed by atoms with Crippen LogP contribution >= 0.6 is 11.6 Å². The molecule has 1 unspecified atom stereocenters. The number of aryl methyl sites for hydroxylation is 1. The second-order valence-corrected chi connectivity index (χ2v) is 11.0. The number of hydrogen-bond donors (Lipinski definition) is 1. The van der Waals surface area contributed by atoms with Gasteiger partial charge in [0.15, 0.2) is 0 Å². The Balaban J connectivity index is 2.03. The molecular weight excluding hydrogens is 510 g/mol. The summed E-state index contributed by atoms with van der Waals surface area (Å²) in [5.74, 6) is -0.833. The number of anilines is 1. The van der Waals surface area contributed by atoms with Gasteiger partial charge in [0, 0.05) is 13.1 Å². The van der Waals surface area contributed by atoms with Gasteiger partial charge in [0.1, 0.15) is 12.6 Å².